The minimum absolute atomic E-state index is 1.04. The summed E-state index contributed by atoms with van der Waals surface area (Å²) in [6.07, 6.45) is 1.86. The van der Waals surface area contributed by atoms with Crippen molar-refractivity contribution in [1.29, 1.82) is 0 Å². The molecule has 0 fully saturated rings. The molecule has 2 aromatic carbocycles. The normalized spacial score (nSPS) is 11.2. The number of aromatic amines is 1. The molecule has 2 heteroatoms. The van der Waals surface area contributed by atoms with Gasteiger partial charge in [0.15, 0.2) is 0 Å². The van der Waals surface area contributed by atoms with E-state index in [0.717, 1.165) is 22.3 Å². The topological polar surface area (TPSA) is 28.7 Å². The van der Waals surface area contributed by atoms with Gasteiger partial charge in [-0.2, -0.15) is 0 Å². The van der Waals surface area contributed by atoms with Crippen LogP contribution in [0.15, 0.2) is 66.9 Å². The van der Waals surface area contributed by atoms with E-state index in [1.807, 2.05) is 36.5 Å². The van der Waals surface area contributed by atoms with Crippen LogP contribution in [-0.2, 0) is 0 Å². The quantitative estimate of drug-likeness (QED) is 0.528. The number of hydrogen-bond donors (Lipinski definition) is 1. The summed E-state index contributed by atoms with van der Waals surface area (Å²) in [5.74, 6) is 0. The molecule has 0 aliphatic carbocycles. The maximum Gasteiger partial charge on any atom is 0.0801 e. The summed E-state index contributed by atoms with van der Waals surface area (Å²) in [6, 6.07) is 20.7. The van der Waals surface area contributed by atoms with Crippen LogP contribution in [0.3, 0.4) is 0 Å². The van der Waals surface area contributed by atoms with Gasteiger partial charge in [0, 0.05) is 28.0 Å². The Morgan fingerprint density at radius 3 is 2.42 bits per heavy atom. The number of fused-ring (bicyclic) bond motifs is 3. The van der Waals surface area contributed by atoms with E-state index in [9.17, 15) is 0 Å². The fourth-order valence-corrected chi connectivity index (χ4v) is 2.61. The highest BCUT2D eigenvalue weighted by atomic mass is 14.7. The number of H-pyrrole nitrogens is 1. The molecule has 2 aromatic heterocycles. The van der Waals surface area contributed by atoms with Crippen molar-refractivity contribution in [3.63, 3.8) is 0 Å². The van der Waals surface area contributed by atoms with E-state index in [4.69, 9.17) is 0 Å². The van der Waals surface area contributed by atoms with Crippen molar-refractivity contribution < 1.29 is 0 Å². The maximum absolute atomic E-state index is 4.58. The molecule has 0 atom stereocenters. The lowest BCUT2D eigenvalue weighted by atomic mass is 10.1. The SMILES string of the molecule is c1ccc(-c2nccc3[nH]c4ccccc4c23)cc1. The van der Waals surface area contributed by atoms with E-state index >= 15 is 0 Å². The molecule has 0 bridgehead atoms. The summed E-state index contributed by atoms with van der Waals surface area (Å²) in [6.45, 7) is 0. The van der Waals surface area contributed by atoms with Crippen molar-refractivity contribution >= 4 is 21.8 Å². The number of hydrogen-bond acceptors (Lipinski definition) is 1. The van der Waals surface area contributed by atoms with Gasteiger partial charge < -0.3 is 4.98 Å². The molecule has 2 heterocycles. The number of rotatable bonds is 1. The highest BCUT2D eigenvalue weighted by Gasteiger charge is 2.10. The number of aromatic nitrogens is 2. The predicted octanol–water partition coefficient (Wildman–Crippen LogP) is 4.38. The fourth-order valence-electron chi connectivity index (χ4n) is 2.61. The second-order valence-electron chi connectivity index (χ2n) is 4.62. The highest BCUT2D eigenvalue weighted by Crippen LogP contribution is 2.32. The van der Waals surface area contributed by atoms with Gasteiger partial charge in [-0.05, 0) is 12.1 Å². The number of para-hydroxylation sites is 1. The van der Waals surface area contributed by atoms with E-state index < -0.39 is 0 Å². The monoisotopic (exact) mass is 244 g/mol. The van der Waals surface area contributed by atoms with Crippen molar-refractivity contribution in [1.82, 2.24) is 9.97 Å². The molecule has 0 aliphatic rings. The summed E-state index contributed by atoms with van der Waals surface area (Å²) in [5.41, 5.74) is 4.48. The molecule has 0 aliphatic heterocycles. The molecular weight excluding hydrogens is 232 g/mol. The minimum Gasteiger partial charge on any atom is -0.354 e. The van der Waals surface area contributed by atoms with Crippen molar-refractivity contribution in [2.24, 2.45) is 0 Å². The van der Waals surface area contributed by atoms with Gasteiger partial charge in [-0.3, -0.25) is 4.98 Å². The van der Waals surface area contributed by atoms with Crippen LogP contribution < -0.4 is 0 Å². The largest absolute Gasteiger partial charge is 0.354 e. The Labute approximate surface area is 110 Å². The first-order valence-corrected chi connectivity index (χ1v) is 6.34. The fraction of sp³-hybridized carbons (Fsp3) is 0. The van der Waals surface area contributed by atoms with Gasteiger partial charge in [-0.25, -0.2) is 0 Å². The lowest BCUT2D eigenvalue weighted by Gasteiger charge is -2.02. The van der Waals surface area contributed by atoms with Crippen LogP contribution in [0, 0.1) is 0 Å². The van der Waals surface area contributed by atoms with E-state index in [1.165, 1.54) is 10.8 Å². The van der Waals surface area contributed by atoms with Crippen LogP contribution in [0.2, 0.25) is 0 Å². The molecule has 19 heavy (non-hydrogen) atoms. The van der Waals surface area contributed by atoms with Crippen LogP contribution >= 0.6 is 0 Å². The zero-order valence-electron chi connectivity index (χ0n) is 10.3. The smallest absolute Gasteiger partial charge is 0.0801 e. The van der Waals surface area contributed by atoms with Crippen molar-refractivity contribution in [2.45, 2.75) is 0 Å². The van der Waals surface area contributed by atoms with Crippen LogP contribution in [0.1, 0.15) is 0 Å². The van der Waals surface area contributed by atoms with Gasteiger partial charge in [-0.15, -0.1) is 0 Å². The van der Waals surface area contributed by atoms with Gasteiger partial charge in [0.2, 0.25) is 0 Å². The zero-order chi connectivity index (χ0) is 12.7. The molecule has 0 unspecified atom stereocenters. The van der Waals surface area contributed by atoms with Crippen molar-refractivity contribution in [2.75, 3.05) is 0 Å². The average Bonchev–Trinajstić information content (AvgIpc) is 2.86. The molecule has 1 N–H and O–H groups in total. The Bertz CT molecular complexity index is 860. The van der Waals surface area contributed by atoms with Gasteiger partial charge in [-0.1, -0.05) is 48.5 Å². The van der Waals surface area contributed by atoms with Gasteiger partial charge in [0.25, 0.3) is 0 Å². The van der Waals surface area contributed by atoms with Crippen LogP contribution in [0.25, 0.3) is 33.1 Å². The molecule has 4 rings (SSSR count). The van der Waals surface area contributed by atoms with Gasteiger partial charge in [0.05, 0.1) is 11.2 Å². The molecule has 90 valence electrons. The van der Waals surface area contributed by atoms with Crippen molar-refractivity contribution in [3.05, 3.63) is 66.9 Å². The maximum atomic E-state index is 4.58. The first-order valence-electron chi connectivity index (χ1n) is 6.34. The first kappa shape index (κ1) is 10.3. The molecule has 0 radical (unpaired) electrons. The van der Waals surface area contributed by atoms with Crippen molar-refractivity contribution in [3.8, 4) is 11.3 Å². The Balaban J connectivity index is 2.17. The molecule has 0 amide bonds. The minimum atomic E-state index is 1.04. The Hall–Kier alpha value is -2.61. The Morgan fingerprint density at radius 2 is 1.53 bits per heavy atom. The summed E-state index contributed by atoms with van der Waals surface area (Å²) >= 11 is 0. The summed E-state index contributed by atoms with van der Waals surface area (Å²) in [4.78, 5) is 8.03. The molecule has 4 aromatic rings. The third-order valence-corrected chi connectivity index (χ3v) is 3.46. The summed E-state index contributed by atoms with van der Waals surface area (Å²) in [5, 5.41) is 2.42. The van der Waals surface area contributed by atoms with E-state index in [-0.39, 0.29) is 0 Å². The molecular formula is C17H12N2. The number of nitrogens with zero attached hydrogens (tertiary/aromatic N) is 1. The lowest BCUT2D eigenvalue weighted by Crippen LogP contribution is -1.83. The predicted molar refractivity (Wildman–Crippen MR) is 79.0 cm³/mol. The highest BCUT2D eigenvalue weighted by molar-refractivity contribution is 6.13. The van der Waals surface area contributed by atoms with Crippen LogP contribution in [0.4, 0.5) is 0 Å². The van der Waals surface area contributed by atoms with Gasteiger partial charge >= 0.3 is 0 Å². The first-order chi connectivity index (χ1) is 9.43. The van der Waals surface area contributed by atoms with Crippen LogP contribution in [-0.4, -0.2) is 9.97 Å². The van der Waals surface area contributed by atoms with Crippen LogP contribution in [0.5, 0.6) is 0 Å². The van der Waals surface area contributed by atoms with E-state index in [2.05, 4.69) is 40.3 Å². The van der Waals surface area contributed by atoms with E-state index in [0.29, 0.717) is 0 Å². The molecule has 0 saturated heterocycles. The van der Waals surface area contributed by atoms with E-state index in [1.54, 1.807) is 0 Å². The third kappa shape index (κ3) is 1.54. The zero-order valence-corrected chi connectivity index (χ0v) is 10.3. The Kier molecular flexibility index (Phi) is 2.15. The molecule has 0 spiro atoms. The standard InChI is InChI=1S/C17H12N2/c1-2-6-12(7-3-1)17-16-13-8-4-5-9-14(13)19-15(16)10-11-18-17/h1-11,19H. The summed E-state index contributed by atoms with van der Waals surface area (Å²) in [7, 11) is 0. The molecule has 0 saturated carbocycles. The average molecular weight is 244 g/mol. The summed E-state index contributed by atoms with van der Waals surface area (Å²) < 4.78 is 0. The second kappa shape index (κ2) is 3.95. The molecule has 2 nitrogen and oxygen atoms in total. The second-order valence-corrected chi connectivity index (χ2v) is 4.62. The van der Waals surface area contributed by atoms with Gasteiger partial charge in [0.1, 0.15) is 0 Å². The Morgan fingerprint density at radius 1 is 0.737 bits per heavy atom. The number of benzene rings is 2. The lowest BCUT2D eigenvalue weighted by molar-refractivity contribution is 1.35. The third-order valence-electron chi connectivity index (χ3n) is 3.46. The number of pyridine rings is 1. The number of nitrogens with one attached hydrogen (secondary N) is 1.